The number of rotatable bonds is 5. The summed E-state index contributed by atoms with van der Waals surface area (Å²) in [5.74, 6) is 0.659. The maximum absolute atomic E-state index is 11.1. The van der Waals surface area contributed by atoms with Crippen molar-refractivity contribution in [1.82, 2.24) is 0 Å². The molecule has 1 heterocycles. The van der Waals surface area contributed by atoms with Crippen molar-refractivity contribution in [1.29, 1.82) is 0 Å². The SMILES string of the molecule is CC.CC.CC.COC(=O)CCCCC1CCCC2(CO2)C1(C)C. The fourth-order valence-electron chi connectivity index (χ4n) is 3.56. The predicted molar refractivity (Wildman–Crippen MR) is 104 cm³/mol. The van der Waals surface area contributed by atoms with Gasteiger partial charge in [-0.2, -0.15) is 0 Å². The molecule has 0 radical (unpaired) electrons. The molecule has 1 spiro atoms. The van der Waals surface area contributed by atoms with Gasteiger partial charge in [0.15, 0.2) is 0 Å². The third-order valence-electron chi connectivity index (χ3n) is 5.23. The number of esters is 1. The second-order valence-electron chi connectivity index (χ2n) is 6.42. The minimum Gasteiger partial charge on any atom is -0.469 e. The van der Waals surface area contributed by atoms with Gasteiger partial charge in [0.05, 0.1) is 19.3 Å². The maximum Gasteiger partial charge on any atom is 0.305 e. The zero-order valence-electron chi connectivity index (χ0n) is 18.0. The molecule has 0 aromatic carbocycles. The van der Waals surface area contributed by atoms with Crippen molar-refractivity contribution in [3.8, 4) is 0 Å². The Hall–Kier alpha value is -0.570. The molecule has 0 bridgehead atoms. The van der Waals surface area contributed by atoms with Crippen molar-refractivity contribution < 1.29 is 14.3 Å². The van der Waals surface area contributed by atoms with E-state index in [0.717, 1.165) is 25.4 Å². The van der Waals surface area contributed by atoms with E-state index in [1.807, 2.05) is 41.5 Å². The van der Waals surface area contributed by atoms with E-state index in [4.69, 9.17) is 4.74 Å². The van der Waals surface area contributed by atoms with E-state index >= 15 is 0 Å². The van der Waals surface area contributed by atoms with Crippen LogP contribution in [-0.4, -0.2) is 25.3 Å². The molecule has 3 nitrogen and oxygen atoms in total. The molecule has 1 aliphatic carbocycles. The standard InChI is InChI=1S/C15H26O3.3C2H6/c1-14(2)12(7-4-5-9-13(16)17-3)8-6-10-15(14)11-18-15;3*1-2/h12H,4-11H2,1-3H3;3*1-2H3. The van der Waals surface area contributed by atoms with E-state index in [1.165, 1.54) is 32.8 Å². The molecule has 2 unspecified atom stereocenters. The van der Waals surface area contributed by atoms with Crippen molar-refractivity contribution in [3.63, 3.8) is 0 Å². The zero-order valence-corrected chi connectivity index (χ0v) is 18.0. The number of carbonyl (C=O) groups excluding carboxylic acids is 1. The molecule has 0 N–H and O–H groups in total. The highest BCUT2D eigenvalue weighted by molar-refractivity contribution is 5.68. The van der Waals surface area contributed by atoms with Gasteiger partial charge in [-0.25, -0.2) is 0 Å². The number of epoxide rings is 1. The Morgan fingerprint density at radius 2 is 1.62 bits per heavy atom. The highest BCUT2D eigenvalue weighted by Crippen LogP contribution is 2.57. The van der Waals surface area contributed by atoms with Crippen LogP contribution in [0, 0.1) is 11.3 Å². The number of ether oxygens (including phenoxy) is 2. The second kappa shape index (κ2) is 13.7. The van der Waals surface area contributed by atoms with Crippen LogP contribution in [0.4, 0.5) is 0 Å². The molecule has 2 aliphatic rings. The topological polar surface area (TPSA) is 38.8 Å². The van der Waals surface area contributed by atoms with Crippen molar-refractivity contribution in [2.24, 2.45) is 11.3 Å². The normalized spacial score (nSPS) is 25.8. The average Bonchev–Trinajstić information content (AvgIpc) is 3.42. The molecule has 2 atom stereocenters. The number of unbranched alkanes of at least 4 members (excludes halogenated alkanes) is 1. The van der Waals surface area contributed by atoms with Crippen molar-refractivity contribution in [2.45, 2.75) is 106 Å². The van der Waals surface area contributed by atoms with Crippen LogP contribution in [0.15, 0.2) is 0 Å². The Morgan fingerprint density at radius 1 is 1.08 bits per heavy atom. The summed E-state index contributed by atoms with van der Waals surface area (Å²) in [6, 6.07) is 0. The molecule has 1 aliphatic heterocycles. The summed E-state index contributed by atoms with van der Waals surface area (Å²) < 4.78 is 10.4. The van der Waals surface area contributed by atoms with Gasteiger partial charge in [0.25, 0.3) is 0 Å². The van der Waals surface area contributed by atoms with Crippen LogP contribution in [-0.2, 0) is 14.3 Å². The Balaban J connectivity index is 0. The first-order valence-corrected chi connectivity index (χ1v) is 10.2. The summed E-state index contributed by atoms with van der Waals surface area (Å²) in [5.41, 5.74) is 0.495. The summed E-state index contributed by atoms with van der Waals surface area (Å²) >= 11 is 0. The lowest BCUT2D eigenvalue weighted by Crippen LogP contribution is -2.43. The Morgan fingerprint density at radius 3 is 2.08 bits per heavy atom. The molecule has 2 rings (SSSR count). The molecule has 3 heteroatoms. The Labute approximate surface area is 151 Å². The molecule has 0 amide bonds. The molecular weight excluding hydrogens is 300 g/mol. The monoisotopic (exact) mass is 344 g/mol. The smallest absolute Gasteiger partial charge is 0.305 e. The lowest BCUT2D eigenvalue weighted by molar-refractivity contribution is -0.140. The molecule has 0 aromatic heterocycles. The van der Waals surface area contributed by atoms with Crippen LogP contribution in [0.25, 0.3) is 0 Å². The van der Waals surface area contributed by atoms with E-state index in [0.29, 0.717) is 11.8 Å². The van der Waals surface area contributed by atoms with Gasteiger partial charge in [0.2, 0.25) is 0 Å². The Kier molecular flexibility index (Phi) is 14.6. The molecular formula is C21H44O3. The first-order valence-electron chi connectivity index (χ1n) is 10.2. The third-order valence-corrected chi connectivity index (χ3v) is 5.23. The molecule has 146 valence electrons. The van der Waals surface area contributed by atoms with Crippen molar-refractivity contribution in [2.75, 3.05) is 13.7 Å². The largest absolute Gasteiger partial charge is 0.469 e. The average molecular weight is 345 g/mol. The Bertz CT molecular complexity index is 306. The fourth-order valence-corrected chi connectivity index (χ4v) is 3.56. The summed E-state index contributed by atoms with van der Waals surface area (Å²) in [5, 5.41) is 0. The van der Waals surface area contributed by atoms with Crippen LogP contribution in [0.3, 0.4) is 0 Å². The molecule has 0 aromatic rings. The van der Waals surface area contributed by atoms with Crippen molar-refractivity contribution in [3.05, 3.63) is 0 Å². The minimum atomic E-state index is -0.0834. The van der Waals surface area contributed by atoms with Crippen LogP contribution in [0.5, 0.6) is 0 Å². The first-order chi connectivity index (χ1) is 11.5. The number of methoxy groups -OCH3 is 1. The van der Waals surface area contributed by atoms with Crippen LogP contribution < -0.4 is 0 Å². The molecule has 1 saturated heterocycles. The second-order valence-corrected chi connectivity index (χ2v) is 6.42. The molecule has 24 heavy (non-hydrogen) atoms. The van der Waals surface area contributed by atoms with Crippen molar-refractivity contribution >= 4 is 5.97 Å². The fraction of sp³-hybridized carbons (Fsp3) is 0.952. The molecule has 1 saturated carbocycles. The minimum absolute atomic E-state index is 0.0834. The summed E-state index contributed by atoms with van der Waals surface area (Å²) in [4.78, 5) is 11.1. The summed E-state index contributed by atoms with van der Waals surface area (Å²) in [6.45, 7) is 17.7. The van der Waals surface area contributed by atoms with Gasteiger partial charge in [0.1, 0.15) is 0 Å². The predicted octanol–water partition coefficient (Wildman–Crippen LogP) is 6.39. The van der Waals surface area contributed by atoms with E-state index in [2.05, 4.69) is 18.6 Å². The first kappa shape index (κ1) is 25.7. The van der Waals surface area contributed by atoms with E-state index < -0.39 is 0 Å². The van der Waals surface area contributed by atoms with Gasteiger partial charge in [-0.1, -0.05) is 68.2 Å². The van der Waals surface area contributed by atoms with Crippen LogP contribution in [0.2, 0.25) is 0 Å². The van der Waals surface area contributed by atoms with E-state index in [-0.39, 0.29) is 11.6 Å². The van der Waals surface area contributed by atoms with E-state index in [9.17, 15) is 4.79 Å². The lowest BCUT2D eigenvalue weighted by atomic mass is 9.61. The highest BCUT2D eigenvalue weighted by Gasteiger charge is 2.60. The van der Waals surface area contributed by atoms with Crippen LogP contribution >= 0.6 is 0 Å². The quantitative estimate of drug-likeness (QED) is 0.329. The summed E-state index contributed by atoms with van der Waals surface area (Å²) in [7, 11) is 1.46. The number of hydrogen-bond donors (Lipinski definition) is 0. The lowest BCUT2D eigenvalue weighted by Gasteiger charge is -2.44. The maximum atomic E-state index is 11.1. The third kappa shape index (κ3) is 7.13. The van der Waals surface area contributed by atoms with Gasteiger partial charge in [0, 0.05) is 6.42 Å². The summed E-state index contributed by atoms with van der Waals surface area (Å²) in [6.07, 6.45) is 7.70. The zero-order chi connectivity index (χ0) is 19.2. The van der Waals surface area contributed by atoms with Gasteiger partial charge >= 0.3 is 5.97 Å². The van der Waals surface area contributed by atoms with Gasteiger partial charge in [-0.3, -0.25) is 4.79 Å². The van der Waals surface area contributed by atoms with Gasteiger partial charge in [-0.15, -0.1) is 0 Å². The number of carbonyl (C=O) groups is 1. The van der Waals surface area contributed by atoms with E-state index in [1.54, 1.807) is 0 Å². The van der Waals surface area contributed by atoms with Gasteiger partial charge in [-0.05, 0) is 37.0 Å². The van der Waals surface area contributed by atoms with Gasteiger partial charge < -0.3 is 9.47 Å². The number of hydrogen-bond acceptors (Lipinski definition) is 3. The highest BCUT2D eigenvalue weighted by atomic mass is 16.6. The van der Waals surface area contributed by atoms with Crippen LogP contribution in [0.1, 0.15) is 100 Å². The molecule has 2 fully saturated rings.